The second-order valence-electron chi connectivity index (χ2n) is 7.30. The molecule has 3 heterocycles. The third kappa shape index (κ3) is 3.09. The molecule has 3 aromatic rings. The van der Waals surface area contributed by atoms with E-state index < -0.39 is 0 Å². The lowest BCUT2D eigenvalue weighted by atomic mass is 10.0. The monoisotopic (exact) mass is 348 g/mol. The first-order chi connectivity index (χ1) is 12.6. The average Bonchev–Trinajstić information content (AvgIpc) is 3.12. The molecule has 134 valence electrons. The number of imidazole rings is 1. The van der Waals surface area contributed by atoms with Crippen LogP contribution >= 0.6 is 0 Å². The van der Waals surface area contributed by atoms with E-state index >= 15 is 0 Å². The van der Waals surface area contributed by atoms with Gasteiger partial charge in [0.2, 0.25) is 0 Å². The summed E-state index contributed by atoms with van der Waals surface area (Å²) in [5, 5.41) is 0. The van der Waals surface area contributed by atoms with Gasteiger partial charge in [-0.15, -0.1) is 0 Å². The number of nitrogens with zero attached hydrogens (tertiary/aromatic N) is 4. The third-order valence-electron chi connectivity index (χ3n) is 5.30. The van der Waals surface area contributed by atoms with E-state index in [-0.39, 0.29) is 5.91 Å². The zero-order valence-electron chi connectivity index (χ0n) is 15.3. The van der Waals surface area contributed by atoms with Gasteiger partial charge in [-0.2, -0.15) is 0 Å². The van der Waals surface area contributed by atoms with Gasteiger partial charge < -0.3 is 9.47 Å². The van der Waals surface area contributed by atoms with Gasteiger partial charge in [0.25, 0.3) is 5.91 Å². The highest BCUT2D eigenvalue weighted by molar-refractivity contribution is 5.94. The molecule has 5 nitrogen and oxygen atoms in total. The van der Waals surface area contributed by atoms with E-state index in [1.54, 1.807) is 6.20 Å². The zero-order chi connectivity index (χ0) is 18.1. The first-order valence-corrected chi connectivity index (χ1v) is 9.30. The molecule has 4 rings (SSSR count). The fraction of sp³-hybridized carbons (Fsp3) is 0.381. The van der Waals surface area contributed by atoms with Gasteiger partial charge in [0, 0.05) is 30.9 Å². The predicted molar refractivity (Wildman–Crippen MR) is 102 cm³/mol. The van der Waals surface area contributed by atoms with Crippen LogP contribution in [-0.4, -0.2) is 38.4 Å². The lowest BCUT2D eigenvalue weighted by Gasteiger charge is -2.32. The van der Waals surface area contributed by atoms with E-state index in [4.69, 9.17) is 0 Å². The minimum absolute atomic E-state index is 0.132. The molecule has 1 aliphatic rings. The van der Waals surface area contributed by atoms with Crippen molar-refractivity contribution in [3.05, 3.63) is 60.0 Å². The standard InChI is InChI=1S/C21H24N4O/c1-15(2)16-5-7-17(8-6-16)21(26)24-12-9-18(10-13-24)25-14-23-19-4-3-11-22-20(19)25/h3-8,11,14-15,18H,9-10,12-13H2,1-2H3. The summed E-state index contributed by atoms with van der Waals surface area (Å²) in [6.07, 6.45) is 5.54. The maximum Gasteiger partial charge on any atom is 0.253 e. The number of amides is 1. The van der Waals surface area contributed by atoms with Crippen molar-refractivity contribution in [1.29, 1.82) is 0 Å². The van der Waals surface area contributed by atoms with Crippen molar-refractivity contribution in [1.82, 2.24) is 19.4 Å². The summed E-state index contributed by atoms with van der Waals surface area (Å²) in [5.41, 5.74) is 3.90. The first kappa shape index (κ1) is 16.8. The van der Waals surface area contributed by atoms with Crippen molar-refractivity contribution in [2.24, 2.45) is 0 Å². The van der Waals surface area contributed by atoms with Crippen molar-refractivity contribution in [2.75, 3.05) is 13.1 Å². The van der Waals surface area contributed by atoms with Crippen molar-refractivity contribution in [2.45, 2.75) is 38.6 Å². The van der Waals surface area contributed by atoms with Crippen LogP contribution in [0.1, 0.15) is 54.6 Å². The summed E-state index contributed by atoms with van der Waals surface area (Å²) in [5.74, 6) is 0.612. The number of piperidine rings is 1. The second-order valence-corrected chi connectivity index (χ2v) is 7.30. The number of rotatable bonds is 3. The Morgan fingerprint density at radius 1 is 1.08 bits per heavy atom. The van der Waals surface area contributed by atoms with Crippen LogP contribution in [0.3, 0.4) is 0 Å². The molecule has 1 aromatic carbocycles. The minimum Gasteiger partial charge on any atom is -0.338 e. The number of hydrogen-bond acceptors (Lipinski definition) is 3. The molecule has 0 saturated carbocycles. The Hall–Kier alpha value is -2.69. The third-order valence-corrected chi connectivity index (χ3v) is 5.30. The molecule has 0 radical (unpaired) electrons. The molecule has 1 amide bonds. The fourth-order valence-electron chi connectivity index (χ4n) is 3.67. The molecule has 5 heteroatoms. The van der Waals surface area contributed by atoms with Gasteiger partial charge in [0.15, 0.2) is 5.65 Å². The second kappa shape index (κ2) is 6.90. The van der Waals surface area contributed by atoms with Crippen molar-refractivity contribution in [3.8, 4) is 0 Å². The Morgan fingerprint density at radius 3 is 2.50 bits per heavy atom. The van der Waals surface area contributed by atoms with E-state index in [9.17, 15) is 4.79 Å². The van der Waals surface area contributed by atoms with Crippen LogP contribution in [0, 0.1) is 0 Å². The largest absolute Gasteiger partial charge is 0.338 e. The highest BCUT2D eigenvalue weighted by atomic mass is 16.2. The van der Waals surface area contributed by atoms with E-state index in [2.05, 4.69) is 40.5 Å². The number of fused-ring (bicyclic) bond motifs is 1. The van der Waals surface area contributed by atoms with Gasteiger partial charge in [-0.25, -0.2) is 9.97 Å². The number of benzene rings is 1. The molecule has 1 aliphatic heterocycles. The summed E-state index contributed by atoms with van der Waals surface area (Å²) in [7, 11) is 0. The smallest absolute Gasteiger partial charge is 0.253 e. The zero-order valence-corrected chi connectivity index (χ0v) is 15.3. The molecule has 26 heavy (non-hydrogen) atoms. The number of pyridine rings is 1. The van der Waals surface area contributed by atoms with Crippen molar-refractivity contribution >= 4 is 17.1 Å². The van der Waals surface area contributed by atoms with Crippen molar-refractivity contribution in [3.63, 3.8) is 0 Å². The number of likely N-dealkylation sites (tertiary alicyclic amines) is 1. The van der Waals surface area contributed by atoms with E-state index in [1.165, 1.54) is 5.56 Å². The number of aromatic nitrogens is 3. The Morgan fingerprint density at radius 2 is 1.81 bits per heavy atom. The molecule has 2 aromatic heterocycles. The number of hydrogen-bond donors (Lipinski definition) is 0. The Labute approximate surface area is 153 Å². The molecule has 0 atom stereocenters. The van der Waals surface area contributed by atoms with Gasteiger partial charge in [-0.1, -0.05) is 26.0 Å². The van der Waals surface area contributed by atoms with Crippen LogP contribution in [-0.2, 0) is 0 Å². The van der Waals surface area contributed by atoms with Gasteiger partial charge in [0.05, 0.1) is 6.33 Å². The quantitative estimate of drug-likeness (QED) is 0.718. The molecule has 0 aliphatic carbocycles. The number of carbonyl (C=O) groups is 1. The maximum atomic E-state index is 12.8. The Kier molecular flexibility index (Phi) is 4.45. The lowest BCUT2D eigenvalue weighted by molar-refractivity contribution is 0.0696. The summed E-state index contributed by atoms with van der Waals surface area (Å²) in [6, 6.07) is 12.3. The summed E-state index contributed by atoms with van der Waals surface area (Å²) >= 11 is 0. The maximum absolute atomic E-state index is 12.8. The molecule has 0 bridgehead atoms. The van der Waals surface area contributed by atoms with Crippen LogP contribution in [0.15, 0.2) is 48.9 Å². The van der Waals surface area contributed by atoms with E-state index in [0.717, 1.165) is 42.7 Å². The van der Waals surface area contributed by atoms with Crippen LogP contribution in [0.2, 0.25) is 0 Å². The van der Waals surface area contributed by atoms with E-state index in [1.807, 2.05) is 35.5 Å². The van der Waals surface area contributed by atoms with Gasteiger partial charge in [0.1, 0.15) is 5.52 Å². The lowest BCUT2D eigenvalue weighted by Crippen LogP contribution is -2.39. The average molecular weight is 348 g/mol. The van der Waals surface area contributed by atoms with Crippen molar-refractivity contribution < 1.29 is 4.79 Å². The normalized spacial score (nSPS) is 15.7. The minimum atomic E-state index is 0.132. The topological polar surface area (TPSA) is 51.0 Å². The van der Waals surface area contributed by atoms with Gasteiger partial charge >= 0.3 is 0 Å². The Balaban J connectivity index is 1.44. The van der Waals surface area contributed by atoms with Gasteiger partial charge in [-0.05, 0) is 48.6 Å². The first-order valence-electron chi connectivity index (χ1n) is 9.30. The molecule has 0 N–H and O–H groups in total. The molecular weight excluding hydrogens is 324 g/mol. The van der Waals surface area contributed by atoms with Crippen LogP contribution in [0.4, 0.5) is 0 Å². The van der Waals surface area contributed by atoms with Crippen LogP contribution in [0.25, 0.3) is 11.2 Å². The summed E-state index contributed by atoms with van der Waals surface area (Å²) in [4.78, 5) is 23.6. The van der Waals surface area contributed by atoms with Crippen LogP contribution in [0.5, 0.6) is 0 Å². The Bertz CT molecular complexity index is 905. The van der Waals surface area contributed by atoms with Crippen LogP contribution < -0.4 is 0 Å². The number of carbonyl (C=O) groups excluding carboxylic acids is 1. The predicted octanol–water partition coefficient (Wildman–Crippen LogP) is 4.03. The van der Waals surface area contributed by atoms with E-state index in [0.29, 0.717) is 12.0 Å². The van der Waals surface area contributed by atoms with Gasteiger partial charge in [-0.3, -0.25) is 4.79 Å². The molecule has 0 unspecified atom stereocenters. The summed E-state index contributed by atoms with van der Waals surface area (Å²) < 4.78 is 2.16. The molecular formula is C21H24N4O. The molecule has 0 spiro atoms. The summed E-state index contributed by atoms with van der Waals surface area (Å²) in [6.45, 7) is 5.86. The molecule has 1 fully saturated rings. The SMILES string of the molecule is CC(C)c1ccc(C(=O)N2CCC(n3cnc4cccnc43)CC2)cc1. The fourth-order valence-corrected chi connectivity index (χ4v) is 3.67. The highest BCUT2D eigenvalue weighted by Crippen LogP contribution is 2.26. The highest BCUT2D eigenvalue weighted by Gasteiger charge is 2.25. The molecule has 1 saturated heterocycles.